The number of hydrogen-bond acceptors (Lipinski definition) is 2. The van der Waals surface area contributed by atoms with Gasteiger partial charge in [0.15, 0.2) is 0 Å². The first-order valence-electron chi connectivity index (χ1n) is 5.77. The van der Waals surface area contributed by atoms with Gasteiger partial charge in [-0.15, -0.1) is 6.58 Å². The van der Waals surface area contributed by atoms with Crippen LogP contribution in [0.4, 0.5) is 0 Å². The number of carbonyl (C=O) groups is 1. The molecule has 0 spiro atoms. The molecule has 2 aromatic rings. The lowest BCUT2D eigenvalue weighted by Gasteiger charge is -2.06. The summed E-state index contributed by atoms with van der Waals surface area (Å²) in [4.78, 5) is 11.8. The molecular formula is C15H15NO2. The van der Waals surface area contributed by atoms with Gasteiger partial charge in [-0.2, -0.15) is 0 Å². The van der Waals surface area contributed by atoms with Crippen LogP contribution < -0.4 is 5.32 Å². The molecule has 0 radical (unpaired) electrons. The van der Waals surface area contributed by atoms with Gasteiger partial charge in [-0.25, -0.2) is 0 Å². The van der Waals surface area contributed by atoms with Gasteiger partial charge < -0.3 is 10.1 Å². The van der Waals surface area contributed by atoms with Gasteiger partial charge in [-0.3, -0.25) is 4.79 Å². The van der Waals surface area contributed by atoms with Crippen molar-refractivity contribution < 1.29 is 9.53 Å². The maximum Gasteiger partial charge on any atom is 0.253 e. The van der Waals surface area contributed by atoms with E-state index in [1.807, 2.05) is 42.5 Å². The molecule has 1 amide bonds. The van der Waals surface area contributed by atoms with Crippen LogP contribution in [0.1, 0.15) is 10.4 Å². The molecule has 1 N–H and O–H groups in total. The van der Waals surface area contributed by atoms with Crippen LogP contribution in [0, 0.1) is 0 Å². The average molecular weight is 241 g/mol. The van der Waals surface area contributed by atoms with E-state index in [-0.39, 0.29) is 12.6 Å². The molecule has 3 heteroatoms. The van der Waals surface area contributed by atoms with Crippen LogP contribution >= 0.6 is 0 Å². The summed E-state index contributed by atoms with van der Waals surface area (Å²) in [6.45, 7) is 4.15. The fourth-order valence-corrected chi connectivity index (χ4v) is 1.69. The van der Waals surface area contributed by atoms with Gasteiger partial charge in [0, 0.05) is 5.56 Å². The molecule has 92 valence electrons. The molecule has 0 aromatic heterocycles. The summed E-state index contributed by atoms with van der Waals surface area (Å²) in [5, 5.41) is 4.86. The highest BCUT2D eigenvalue weighted by molar-refractivity contribution is 5.98. The van der Waals surface area contributed by atoms with Gasteiger partial charge in [0.25, 0.3) is 5.91 Å². The summed E-state index contributed by atoms with van der Waals surface area (Å²) < 4.78 is 5.11. The van der Waals surface area contributed by atoms with Crippen LogP contribution in [0.5, 0.6) is 0 Å². The molecular weight excluding hydrogens is 226 g/mol. The fourth-order valence-electron chi connectivity index (χ4n) is 1.69. The van der Waals surface area contributed by atoms with Crippen LogP contribution in [0.25, 0.3) is 10.8 Å². The van der Waals surface area contributed by atoms with Crippen molar-refractivity contribution in [2.75, 3.05) is 13.3 Å². The highest BCUT2D eigenvalue weighted by Crippen LogP contribution is 2.15. The Hall–Kier alpha value is -2.13. The van der Waals surface area contributed by atoms with Crippen molar-refractivity contribution >= 4 is 16.7 Å². The Morgan fingerprint density at radius 3 is 2.78 bits per heavy atom. The highest BCUT2D eigenvalue weighted by atomic mass is 16.5. The third-order valence-corrected chi connectivity index (χ3v) is 2.58. The lowest BCUT2D eigenvalue weighted by Crippen LogP contribution is -2.26. The van der Waals surface area contributed by atoms with Gasteiger partial charge in [0.1, 0.15) is 6.73 Å². The molecule has 0 bridgehead atoms. The van der Waals surface area contributed by atoms with Gasteiger partial charge in [0.05, 0.1) is 6.61 Å². The first-order chi connectivity index (χ1) is 8.81. The number of amides is 1. The number of carbonyl (C=O) groups excluding carboxylic acids is 1. The smallest absolute Gasteiger partial charge is 0.253 e. The monoisotopic (exact) mass is 241 g/mol. The summed E-state index contributed by atoms with van der Waals surface area (Å²) in [5.74, 6) is -0.134. The zero-order valence-electron chi connectivity index (χ0n) is 10.1. The third kappa shape index (κ3) is 2.96. The number of nitrogens with one attached hydrogen (secondary N) is 1. The second-order valence-corrected chi connectivity index (χ2v) is 3.87. The third-order valence-electron chi connectivity index (χ3n) is 2.58. The lowest BCUT2D eigenvalue weighted by molar-refractivity contribution is 0.0838. The molecule has 0 unspecified atom stereocenters. The van der Waals surface area contributed by atoms with E-state index in [4.69, 9.17) is 4.74 Å². The molecule has 0 heterocycles. The first kappa shape index (κ1) is 12.3. The molecule has 0 saturated heterocycles. The number of rotatable bonds is 5. The second-order valence-electron chi connectivity index (χ2n) is 3.87. The number of hydrogen-bond donors (Lipinski definition) is 1. The Morgan fingerprint density at radius 2 is 2.00 bits per heavy atom. The molecule has 2 rings (SSSR count). The van der Waals surface area contributed by atoms with E-state index in [2.05, 4.69) is 11.9 Å². The number of ether oxygens (including phenoxy) is 1. The van der Waals surface area contributed by atoms with Crippen LogP contribution in [-0.2, 0) is 4.74 Å². The normalized spacial score (nSPS) is 10.2. The lowest BCUT2D eigenvalue weighted by atomic mass is 10.1. The second kappa shape index (κ2) is 5.98. The van der Waals surface area contributed by atoms with Crippen molar-refractivity contribution in [2.24, 2.45) is 0 Å². The van der Waals surface area contributed by atoms with Crippen LogP contribution in [0.15, 0.2) is 55.1 Å². The molecule has 0 aliphatic carbocycles. The van der Waals surface area contributed by atoms with Gasteiger partial charge in [-0.05, 0) is 22.9 Å². The Labute approximate surface area is 106 Å². The number of benzene rings is 2. The van der Waals surface area contributed by atoms with Crippen molar-refractivity contribution in [2.45, 2.75) is 0 Å². The van der Waals surface area contributed by atoms with Crippen molar-refractivity contribution in [3.8, 4) is 0 Å². The Balaban J connectivity index is 2.06. The summed E-state index contributed by atoms with van der Waals surface area (Å²) in [6.07, 6.45) is 1.64. The largest absolute Gasteiger partial charge is 0.357 e. The van der Waals surface area contributed by atoms with E-state index in [9.17, 15) is 4.79 Å². The van der Waals surface area contributed by atoms with Crippen LogP contribution in [0.3, 0.4) is 0 Å². The van der Waals surface area contributed by atoms with Gasteiger partial charge in [0.2, 0.25) is 0 Å². The SMILES string of the molecule is C=CCOCNC(=O)c1ccc2ccccc2c1. The van der Waals surface area contributed by atoms with Gasteiger partial charge in [-0.1, -0.05) is 36.4 Å². The van der Waals surface area contributed by atoms with Crippen LogP contribution in [0.2, 0.25) is 0 Å². The standard InChI is InChI=1S/C15H15NO2/c1-2-9-18-11-16-15(17)14-8-7-12-5-3-4-6-13(12)10-14/h2-8,10H,1,9,11H2,(H,16,17). The molecule has 0 fully saturated rings. The van der Waals surface area contributed by atoms with Gasteiger partial charge >= 0.3 is 0 Å². The molecule has 18 heavy (non-hydrogen) atoms. The Morgan fingerprint density at radius 1 is 1.22 bits per heavy atom. The van der Waals surface area contributed by atoms with Crippen molar-refractivity contribution in [3.63, 3.8) is 0 Å². The fraction of sp³-hybridized carbons (Fsp3) is 0.133. The minimum Gasteiger partial charge on any atom is -0.357 e. The Kier molecular flexibility index (Phi) is 4.10. The minimum absolute atomic E-state index is 0.134. The van der Waals surface area contributed by atoms with Crippen molar-refractivity contribution in [3.05, 3.63) is 60.7 Å². The maximum absolute atomic E-state index is 11.8. The van der Waals surface area contributed by atoms with E-state index in [0.29, 0.717) is 12.2 Å². The van der Waals surface area contributed by atoms with Crippen LogP contribution in [-0.4, -0.2) is 19.2 Å². The van der Waals surface area contributed by atoms with E-state index in [1.54, 1.807) is 6.08 Å². The zero-order chi connectivity index (χ0) is 12.8. The van der Waals surface area contributed by atoms with Crippen molar-refractivity contribution in [1.29, 1.82) is 0 Å². The van der Waals surface area contributed by atoms with Crippen molar-refractivity contribution in [1.82, 2.24) is 5.32 Å². The quantitative estimate of drug-likeness (QED) is 0.496. The minimum atomic E-state index is -0.134. The topological polar surface area (TPSA) is 38.3 Å². The predicted octanol–water partition coefficient (Wildman–Crippen LogP) is 2.73. The van der Waals surface area contributed by atoms with E-state index in [0.717, 1.165) is 10.8 Å². The summed E-state index contributed by atoms with van der Waals surface area (Å²) in [7, 11) is 0. The Bertz CT molecular complexity index is 563. The molecule has 0 aliphatic heterocycles. The summed E-state index contributed by atoms with van der Waals surface area (Å²) in [6, 6.07) is 13.6. The molecule has 0 saturated carbocycles. The highest BCUT2D eigenvalue weighted by Gasteiger charge is 2.05. The average Bonchev–Trinajstić information content (AvgIpc) is 2.43. The maximum atomic E-state index is 11.8. The molecule has 3 nitrogen and oxygen atoms in total. The molecule has 2 aromatic carbocycles. The molecule has 0 aliphatic rings. The predicted molar refractivity (Wildman–Crippen MR) is 72.4 cm³/mol. The summed E-state index contributed by atoms with van der Waals surface area (Å²) >= 11 is 0. The first-order valence-corrected chi connectivity index (χ1v) is 5.77. The number of fused-ring (bicyclic) bond motifs is 1. The van der Waals surface area contributed by atoms with E-state index in [1.165, 1.54) is 0 Å². The van der Waals surface area contributed by atoms with E-state index >= 15 is 0 Å². The molecule has 0 atom stereocenters. The van der Waals surface area contributed by atoms with E-state index < -0.39 is 0 Å². The zero-order valence-corrected chi connectivity index (χ0v) is 10.1. The summed E-state index contributed by atoms with van der Waals surface area (Å²) in [5.41, 5.74) is 0.635.